The number of aliphatic carboxylic acids is 2. The molecule has 1 unspecified atom stereocenters. The Morgan fingerprint density at radius 1 is 1.00 bits per heavy atom. The van der Waals surface area contributed by atoms with Crippen LogP contribution in [0.4, 0.5) is 0 Å². The molecule has 0 aromatic heterocycles. The van der Waals surface area contributed by atoms with E-state index in [2.05, 4.69) is 38.1 Å². The second-order valence-electron chi connectivity index (χ2n) is 5.82. The molecular weight excluding hydrogens is 306 g/mol. The van der Waals surface area contributed by atoms with Crippen LogP contribution in [0.2, 0.25) is 0 Å². The zero-order chi connectivity index (χ0) is 18.4. The Morgan fingerprint density at radius 2 is 1.50 bits per heavy atom. The van der Waals surface area contributed by atoms with E-state index in [-0.39, 0.29) is 6.04 Å². The molecule has 0 fully saturated rings. The first-order chi connectivity index (χ1) is 11.3. The van der Waals surface area contributed by atoms with Crippen molar-refractivity contribution in [2.24, 2.45) is 5.73 Å². The van der Waals surface area contributed by atoms with Gasteiger partial charge in [0.25, 0.3) is 0 Å². The highest BCUT2D eigenvalue weighted by atomic mass is 16.4. The van der Waals surface area contributed by atoms with E-state index in [1.54, 1.807) is 0 Å². The average Bonchev–Trinajstić information content (AvgIpc) is 2.51. The van der Waals surface area contributed by atoms with Gasteiger partial charge in [0.15, 0.2) is 0 Å². The fourth-order valence-electron chi connectivity index (χ4n) is 2.11. The first-order valence-electron chi connectivity index (χ1n) is 8.32. The van der Waals surface area contributed by atoms with Crippen molar-refractivity contribution in [3.63, 3.8) is 0 Å². The van der Waals surface area contributed by atoms with Crippen molar-refractivity contribution in [3.05, 3.63) is 47.5 Å². The standard InChI is InChI=1S/C15H25N.C4H4O4/c1-3-4-5-6-7-14-8-10-15(11-9-14)12-13(2)16;5-3(6)1-2-4(7)8/h8-11,13H,3-7,12,16H2,1-2H3;1-2H,(H,5,6)(H,7,8)/b;2-1+. The lowest BCUT2D eigenvalue weighted by atomic mass is 10.0. The van der Waals surface area contributed by atoms with Gasteiger partial charge in [0.1, 0.15) is 0 Å². The van der Waals surface area contributed by atoms with Crippen molar-refractivity contribution in [1.29, 1.82) is 0 Å². The third-order valence-corrected chi connectivity index (χ3v) is 3.27. The molecule has 0 radical (unpaired) electrons. The molecule has 0 saturated carbocycles. The molecule has 1 aromatic rings. The molecule has 1 rings (SSSR count). The molecule has 134 valence electrons. The Kier molecular flexibility index (Phi) is 12.1. The predicted octanol–water partition coefficient (Wildman–Crippen LogP) is 3.41. The minimum atomic E-state index is -1.26. The van der Waals surface area contributed by atoms with Gasteiger partial charge in [-0.2, -0.15) is 0 Å². The molecule has 0 bridgehead atoms. The lowest BCUT2D eigenvalue weighted by molar-refractivity contribution is -0.134. The van der Waals surface area contributed by atoms with Crippen molar-refractivity contribution >= 4 is 11.9 Å². The van der Waals surface area contributed by atoms with Crippen LogP contribution >= 0.6 is 0 Å². The van der Waals surface area contributed by atoms with E-state index in [1.165, 1.54) is 43.2 Å². The lowest BCUT2D eigenvalue weighted by Gasteiger charge is -2.06. The average molecular weight is 335 g/mol. The van der Waals surface area contributed by atoms with Gasteiger partial charge in [0, 0.05) is 18.2 Å². The van der Waals surface area contributed by atoms with Gasteiger partial charge in [0.2, 0.25) is 0 Å². The lowest BCUT2D eigenvalue weighted by Crippen LogP contribution is -2.17. The van der Waals surface area contributed by atoms with Crippen molar-refractivity contribution in [2.75, 3.05) is 0 Å². The topological polar surface area (TPSA) is 101 Å². The maximum atomic E-state index is 9.55. The third-order valence-electron chi connectivity index (χ3n) is 3.27. The van der Waals surface area contributed by atoms with E-state index in [1.807, 2.05) is 0 Å². The number of benzene rings is 1. The normalized spacial score (nSPS) is 11.6. The summed E-state index contributed by atoms with van der Waals surface area (Å²) in [7, 11) is 0. The zero-order valence-electron chi connectivity index (χ0n) is 14.6. The number of aryl methyl sites for hydroxylation is 1. The molecular formula is C19H29NO4. The summed E-state index contributed by atoms with van der Waals surface area (Å²) in [6.45, 7) is 4.31. The van der Waals surface area contributed by atoms with Crippen molar-refractivity contribution in [1.82, 2.24) is 0 Å². The molecule has 0 amide bonds. The summed E-state index contributed by atoms with van der Waals surface area (Å²) in [5, 5.41) is 15.6. The predicted molar refractivity (Wildman–Crippen MR) is 96.1 cm³/mol. The molecule has 5 heteroatoms. The molecule has 24 heavy (non-hydrogen) atoms. The van der Waals surface area contributed by atoms with Crippen LogP contribution in [-0.2, 0) is 22.4 Å². The molecule has 1 atom stereocenters. The number of unbranched alkanes of at least 4 members (excludes halogenated alkanes) is 3. The van der Waals surface area contributed by atoms with Crippen LogP contribution in [0.1, 0.15) is 50.7 Å². The van der Waals surface area contributed by atoms with Gasteiger partial charge in [0.05, 0.1) is 0 Å². The van der Waals surface area contributed by atoms with Crippen LogP contribution < -0.4 is 5.73 Å². The Hall–Kier alpha value is -2.14. The van der Waals surface area contributed by atoms with Crippen molar-refractivity contribution in [3.8, 4) is 0 Å². The number of rotatable bonds is 9. The van der Waals surface area contributed by atoms with E-state index in [9.17, 15) is 9.59 Å². The smallest absolute Gasteiger partial charge is 0.328 e. The van der Waals surface area contributed by atoms with Crippen LogP contribution in [0.25, 0.3) is 0 Å². The van der Waals surface area contributed by atoms with E-state index in [0.717, 1.165) is 6.42 Å². The summed E-state index contributed by atoms with van der Waals surface area (Å²) in [4.78, 5) is 19.1. The van der Waals surface area contributed by atoms with Crippen LogP contribution in [-0.4, -0.2) is 28.2 Å². The number of carboxylic acids is 2. The fraction of sp³-hybridized carbons (Fsp3) is 0.474. The largest absolute Gasteiger partial charge is 0.478 e. The monoisotopic (exact) mass is 335 g/mol. The van der Waals surface area contributed by atoms with Gasteiger partial charge in [-0.3, -0.25) is 0 Å². The van der Waals surface area contributed by atoms with Crippen molar-refractivity contribution < 1.29 is 19.8 Å². The Bertz CT molecular complexity index is 491. The van der Waals surface area contributed by atoms with Gasteiger partial charge in [-0.25, -0.2) is 9.59 Å². The van der Waals surface area contributed by atoms with Gasteiger partial charge in [-0.15, -0.1) is 0 Å². The Labute approximate surface area is 144 Å². The van der Waals surface area contributed by atoms with E-state index >= 15 is 0 Å². The van der Waals surface area contributed by atoms with E-state index in [0.29, 0.717) is 12.2 Å². The quantitative estimate of drug-likeness (QED) is 0.474. The molecule has 0 heterocycles. The SMILES string of the molecule is CCCCCCc1ccc(CC(C)N)cc1.O=C(O)/C=C/C(=O)O. The minimum Gasteiger partial charge on any atom is -0.478 e. The molecule has 0 spiro atoms. The highest BCUT2D eigenvalue weighted by Gasteiger charge is 1.98. The van der Waals surface area contributed by atoms with Crippen LogP contribution in [0, 0.1) is 0 Å². The fourth-order valence-corrected chi connectivity index (χ4v) is 2.11. The number of carboxylic acid groups (broad SMARTS) is 2. The zero-order valence-corrected chi connectivity index (χ0v) is 14.6. The first kappa shape index (κ1) is 21.9. The third kappa shape index (κ3) is 13.5. The summed E-state index contributed by atoms with van der Waals surface area (Å²) >= 11 is 0. The molecule has 0 aliphatic carbocycles. The maximum Gasteiger partial charge on any atom is 0.328 e. The van der Waals surface area contributed by atoms with E-state index in [4.69, 9.17) is 15.9 Å². The number of carbonyl (C=O) groups is 2. The summed E-state index contributed by atoms with van der Waals surface area (Å²) in [5.41, 5.74) is 8.59. The molecule has 1 aromatic carbocycles. The van der Waals surface area contributed by atoms with Crippen molar-refractivity contribution in [2.45, 2.75) is 58.4 Å². The van der Waals surface area contributed by atoms with Crippen LogP contribution in [0.5, 0.6) is 0 Å². The second kappa shape index (κ2) is 13.3. The van der Waals surface area contributed by atoms with Gasteiger partial charge >= 0.3 is 11.9 Å². The summed E-state index contributed by atoms with van der Waals surface area (Å²) in [6.07, 6.45) is 8.67. The molecule has 0 aliphatic heterocycles. The van der Waals surface area contributed by atoms with Crippen LogP contribution in [0.15, 0.2) is 36.4 Å². The Balaban J connectivity index is 0.000000561. The second-order valence-corrected chi connectivity index (χ2v) is 5.82. The summed E-state index contributed by atoms with van der Waals surface area (Å²) in [6, 6.07) is 9.21. The molecule has 0 aliphatic rings. The number of hydrogen-bond acceptors (Lipinski definition) is 3. The highest BCUT2D eigenvalue weighted by Crippen LogP contribution is 2.10. The van der Waals surface area contributed by atoms with E-state index < -0.39 is 11.9 Å². The number of hydrogen-bond donors (Lipinski definition) is 3. The maximum absolute atomic E-state index is 9.55. The van der Waals surface area contributed by atoms with Crippen LogP contribution in [0.3, 0.4) is 0 Å². The summed E-state index contributed by atoms with van der Waals surface area (Å²) < 4.78 is 0. The molecule has 0 saturated heterocycles. The van der Waals surface area contributed by atoms with Gasteiger partial charge in [-0.1, -0.05) is 50.5 Å². The molecule has 5 nitrogen and oxygen atoms in total. The first-order valence-corrected chi connectivity index (χ1v) is 8.32. The van der Waals surface area contributed by atoms with Gasteiger partial charge < -0.3 is 15.9 Å². The molecule has 4 N–H and O–H groups in total. The van der Waals surface area contributed by atoms with Gasteiger partial charge in [-0.05, 0) is 37.3 Å². The minimum absolute atomic E-state index is 0.260. The summed E-state index contributed by atoms with van der Waals surface area (Å²) in [5.74, 6) is -2.51. The Morgan fingerprint density at radius 3 is 1.92 bits per heavy atom. The number of nitrogens with two attached hydrogens (primary N) is 1. The highest BCUT2D eigenvalue weighted by molar-refractivity contribution is 5.89.